The van der Waals surface area contributed by atoms with Crippen LogP contribution in [-0.4, -0.2) is 19.2 Å². The minimum absolute atomic E-state index is 0.0639. The van der Waals surface area contributed by atoms with Gasteiger partial charge in [-0.2, -0.15) is 0 Å². The number of methoxy groups -OCH3 is 2. The summed E-state index contributed by atoms with van der Waals surface area (Å²) in [5.41, 5.74) is 2.88. The molecule has 23 heavy (non-hydrogen) atoms. The van der Waals surface area contributed by atoms with Gasteiger partial charge in [0.2, 0.25) is 0 Å². The molecule has 0 spiro atoms. The zero-order chi connectivity index (χ0) is 16.6. The number of rotatable bonds is 3. The molecule has 0 saturated carbocycles. The van der Waals surface area contributed by atoms with Gasteiger partial charge in [-0.1, -0.05) is 23.7 Å². The third-order valence-electron chi connectivity index (χ3n) is 3.84. The fourth-order valence-electron chi connectivity index (χ4n) is 2.68. The number of pyridine rings is 1. The van der Waals surface area contributed by atoms with Crippen LogP contribution < -0.4 is 14.9 Å². The summed E-state index contributed by atoms with van der Waals surface area (Å²) in [7, 11) is 3.15. The number of halogens is 1. The maximum atomic E-state index is 12.9. The van der Waals surface area contributed by atoms with Crippen LogP contribution in [-0.2, 0) is 0 Å². The average Bonchev–Trinajstić information content (AvgIpc) is 2.56. The molecule has 2 aromatic carbocycles. The van der Waals surface area contributed by atoms with Crippen LogP contribution in [0.3, 0.4) is 0 Å². The number of hydrogen-bond acceptors (Lipinski definition) is 3. The van der Waals surface area contributed by atoms with E-state index in [1.54, 1.807) is 26.4 Å². The predicted molar refractivity (Wildman–Crippen MR) is 92.9 cm³/mol. The molecule has 0 saturated heterocycles. The molecule has 5 heteroatoms. The fraction of sp³-hybridized carbons (Fsp3) is 0.167. The summed E-state index contributed by atoms with van der Waals surface area (Å²) in [5.74, 6) is 1.28. The Morgan fingerprint density at radius 3 is 2.35 bits per heavy atom. The largest absolute Gasteiger partial charge is 0.497 e. The Hall–Kier alpha value is -2.46. The number of aryl methyl sites for hydroxylation is 1. The first kappa shape index (κ1) is 15.4. The molecule has 118 valence electrons. The van der Waals surface area contributed by atoms with Crippen molar-refractivity contribution in [2.75, 3.05) is 14.2 Å². The Bertz CT molecular complexity index is 930. The Morgan fingerprint density at radius 1 is 1.04 bits per heavy atom. The first-order valence-electron chi connectivity index (χ1n) is 7.09. The van der Waals surface area contributed by atoms with Crippen molar-refractivity contribution in [2.45, 2.75) is 6.92 Å². The summed E-state index contributed by atoms with van der Waals surface area (Å²) in [6.45, 7) is 1.88. The SMILES string of the molecule is COc1ccc(-c2c(C)[nH]c3cc(OC)c(Cl)cc3c2=O)cc1. The summed E-state index contributed by atoms with van der Waals surface area (Å²) >= 11 is 6.16. The van der Waals surface area contributed by atoms with Gasteiger partial charge in [-0.05, 0) is 30.7 Å². The van der Waals surface area contributed by atoms with Crippen molar-refractivity contribution in [3.05, 3.63) is 57.3 Å². The lowest BCUT2D eigenvalue weighted by atomic mass is 10.0. The van der Waals surface area contributed by atoms with Gasteiger partial charge in [-0.15, -0.1) is 0 Å². The lowest BCUT2D eigenvalue weighted by Gasteiger charge is -2.11. The maximum Gasteiger partial charge on any atom is 0.197 e. The van der Waals surface area contributed by atoms with E-state index in [9.17, 15) is 4.79 Å². The Morgan fingerprint density at radius 2 is 1.74 bits per heavy atom. The standard InChI is InChI=1S/C18H16ClNO3/c1-10-17(11-4-6-12(22-2)7-5-11)18(21)13-8-14(19)16(23-3)9-15(13)20-10/h4-9H,1-3H3,(H,20,21). The van der Waals surface area contributed by atoms with Crippen LogP contribution in [0.4, 0.5) is 0 Å². The van der Waals surface area contributed by atoms with Crippen LogP contribution in [0.2, 0.25) is 5.02 Å². The smallest absolute Gasteiger partial charge is 0.197 e. The quantitative estimate of drug-likeness (QED) is 0.784. The highest BCUT2D eigenvalue weighted by atomic mass is 35.5. The highest BCUT2D eigenvalue weighted by Crippen LogP contribution is 2.30. The number of H-pyrrole nitrogens is 1. The number of ether oxygens (including phenoxy) is 2. The summed E-state index contributed by atoms with van der Waals surface area (Å²) in [4.78, 5) is 16.2. The predicted octanol–water partition coefficient (Wildman–Crippen LogP) is 4.17. The maximum absolute atomic E-state index is 12.9. The van der Waals surface area contributed by atoms with E-state index < -0.39 is 0 Å². The molecule has 0 aliphatic rings. The highest BCUT2D eigenvalue weighted by molar-refractivity contribution is 6.32. The van der Waals surface area contributed by atoms with E-state index in [-0.39, 0.29) is 5.43 Å². The molecule has 1 aromatic heterocycles. The molecular weight excluding hydrogens is 314 g/mol. The molecule has 4 nitrogen and oxygen atoms in total. The summed E-state index contributed by atoms with van der Waals surface area (Å²) in [5, 5.41) is 0.947. The molecule has 0 radical (unpaired) electrons. The minimum atomic E-state index is -0.0639. The molecule has 0 unspecified atom stereocenters. The lowest BCUT2D eigenvalue weighted by molar-refractivity contribution is 0.415. The lowest BCUT2D eigenvalue weighted by Crippen LogP contribution is -2.09. The van der Waals surface area contributed by atoms with Gasteiger partial charge in [0.05, 0.1) is 24.8 Å². The van der Waals surface area contributed by atoms with Crippen molar-refractivity contribution >= 4 is 22.5 Å². The second-order valence-corrected chi connectivity index (χ2v) is 5.62. The summed E-state index contributed by atoms with van der Waals surface area (Å²) < 4.78 is 10.4. The molecule has 3 aromatic rings. The third-order valence-corrected chi connectivity index (χ3v) is 4.13. The Balaban J connectivity index is 2.27. The van der Waals surface area contributed by atoms with E-state index in [0.29, 0.717) is 27.2 Å². The van der Waals surface area contributed by atoms with Gasteiger partial charge in [0, 0.05) is 22.7 Å². The van der Waals surface area contributed by atoms with Crippen LogP contribution >= 0.6 is 11.6 Å². The van der Waals surface area contributed by atoms with Crippen LogP contribution in [0, 0.1) is 6.92 Å². The Labute approximate surface area is 138 Å². The van der Waals surface area contributed by atoms with E-state index in [1.165, 1.54) is 0 Å². The van der Waals surface area contributed by atoms with Gasteiger partial charge < -0.3 is 14.5 Å². The third kappa shape index (κ3) is 2.66. The number of aromatic nitrogens is 1. The Kier molecular flexibility index (Phi) is 4.01. The van der Waals surface area contributed by atoms with Gasteiger partial charge >= 0.3 is 0 Å². The van der Waals surface area contributed by atoms with E-state index in [0.717, 1.165) is 17.0 Å². The molecule has 1 N–H and O–H groups in total. The van der Waals surface area contributed by atoms with Crippen LogP contribution in [0.1, 0.15) is 5.69 Å². The van der Waals surface area contributed by atoms with Crippen molar-refractivity contribution in [3.63, 3.8) is 0 Å². The zero-order valence-electron chi connectivity index (χ0n) is 13.1. The molecule has 0 atom stereocenters. The minimum Gasteiger partial charge on any atom is -0.497 e. The summed E-state index contributed by atoms with van der Waals surface area (Å²) in [6.07, 6.45) is 0. The first-order chi connectivity index (χ1) is 11.0. The topological polar surface area (TPSA) is 51.3 Å². The fourth-order valence-corrected chi connectivity index (χ4v) is 2.92. The van der Waals surface area contributed by atoms with Crippen molar-refractivity contribution in [3.8, 4) is 22.6 Å². The number of hydrogen-bond donors (Lipinski definition) is 1. The van der Waals surface area contributed by atoms with Crippen molar-refractivity contribution in [1.82, 2.24) is 4.98 Å². The normalized spacial score (nSPS) is 10.8. The summed E-state index contributed by atoms with van der Waals surface area (Å²) in [6, 6.07) is 10.8. The molecular formula is C18H16ClNO3. The van der Waals surface area contributed by atoms with Crippen LogP contribution in [0.5, 0.6) is 11.5 Å². The van der Waals surface area contributed by atoms with Crippen LogP contribution in [0.25, 0.3) is 22.0 Å². The molecule has 0 aliphatic carbocycles. The van der Waals surface area contributed by atoms with E-state index >= 15 is 0 Å². The number of fused-ring (bicyclic) bond motifs is 1. The van der Waals surface area contributed by atoms with E-state index in [4.69, 9.17) is 21.1 Å². The average molecular weight is 330 g/mol. The molecule has 0 amide bonds. The molecule has 0 fully saturated rings. The van der Waals surface area contributed by atoms with Crippen LogP contribution in [0.15, 0.2) is 41.2 Å². The second-order valence-electron chi connectivity index (χ2n) is 5.21. The van der Waals surface area contributed by atoms with Crippen molar-refractivity contribution in [2.24, 2.45) is 0 Å². The number of aromatic amines is 1. The molecule has 3 rings (SSSR count). The van der Waals surface area contributed by atoms with Gasteiger partial charge in [-0.3, -0.25) is 4.79 Å². The zero-order valence-corrected chi connectivity index (χ0v) is 13.8. The number of nitrogens with one attached hydrogen (secondary N) is 1. The van der Waals surface area contributed by atoms with Gasteiger partial charge in [0.15, 0.2) is 5.43 Å². The van der Waals surface area contributed by atoms with E-state index in [2.05, 4.69) is 4.98 Å². The highest BCUT2D eigenvalue weighted by Gasteiger charge is 2.14. The second kappa shape index (κ2) is 5.97. The monoisotopic (exact) mass is 329 g/mol. The van der Waals surface area contributed by atoms with Gasteiger partial charge in [-0.25, -0.2) is 0 Å². The molecule has 1 heterocycles. The van der Waals surface area contributed by atoms with E-state index in [1.807, 2.05) is 31.2 Å². The first-order valence-corrected chi connectivity index (χ1v) is 7.47. The molecule has 0 aliphatic heterocycles. The molecule has 0 bridgehead atoms. The number of benzene rings is 2. The van der Waals surface area contributed by atoms with Gasteiger partial charge in [0.25, 0.3) is 0 Å². The van der Waals surface area contributed by atoms with Crippen molar-refractivity contribution < 1.29 is 9.47 Å². The van der Waals surface area contributed by atoms with Crippen molar-refractivity contribution in [1.29, 1.82) is 0 Å². The van der Waals surface area contributed by atoms with Gasteiger partial charge in [0.1, 0.15) is 11.5 Å².